The summed E-state index contributed by atoms with van der Waals surface area (Å²) in [4.78, 5) is 20.1. The Morgan fingerprint density at radius 3 is 2.36 bits per heavy atom. The van der Waals surface area contributed by atoms with Crippen LogP contribution in [0.3, 0.4) is 0 Å². The summed E-state index contributed by atoms with van der Waals surface area (Å²) in [5.74, 6) is 0. The lowest BCUT2D eigenvalue weighted by atomic mass is 10.3. The van der Waals surface area contributed by atoms with Gasteiger partial charge in [0, 0.05) is 6.20 Å². The summed E-state index contributed by atoms with van der Waals surface area (Å²) in [5.41, 5.74) is 2.03. The Labute approximate surface area is 131 Å². The first-order valence-electron chi connectivity index (χ1n) is 5.97. The smallest absolute Gasteiger partial charge is 0.246 e. The van der Waals surface area contributed by atoms with Gasteiger partial charge in [-0.2, -0.15) is 18.2 Å². The van der Waals surface area contributed by atoms with Gasteiger partial charge in [-0.25, -0.2) is 19.9 Å². The van der Waals surface area contributed by atoms with E-state index >= 15 is 0 Å². The molecule has 10 heteroatoms. The molecule has 0 N–H and O–H groups in total. The van der Waals surface area contributed by atoms with E-state index < -0.39 is 11.2 Å². The fourth-order valence-electron chi connectivity index (χ4n) is 1.77. The molecule has 0 aliphatic rings. The Bertz CT molecular complexity index is 877. The number of hydrogen-bond acceptors (Lipinski definition) is 6. The molecule has 5 nitrogen and oxygen atoms in total. The van der Waals surface area contributed by atoms with Crippen molar-refractivity contribution in [1.29, 1.82) is 0 Å². The van der Waals surface area contributed by atoms with E-state index in [2.05, 4.69) is 24.9 Å². The molecule has 0 bridgehead atoms. The predicted octanol–water partition coefficient (Wildman–Crippen LogP) is 3.83. The summed E-state index contributed by atoms with van der Waals surface area (Å²) in [6, 6.07) is 0. The summed E-state index contributed by atoms with van der Waals surface area (Å²) in [6.45, 7) is 3.50. The minimum Gasteiger partial charge on any atom is -0.246 e. The second kappa shape index (κ2) is 5.10. The molecule has 0 aliphatic carbocycles. The van der Waals surface area contributed by atoms with E-state index in [9.17, 15) is 13.2 Å². The molecule has 0 unspecified atom stereocenters. The molecule has 0 aliphatic heterocycles. The summed E-state index contributed by atoms with van der Waals surface area (Å²) in [5, 5.41) is -1.07. The van der Waals surface area contributed by atoms with Crippen molar-refractivity contribution in [1.82, 2.24) is 24.9 Å². The first kappa shape index (κ1) is 15.0. The molecular formula is C12H7ClF3N5S. The van der Waals surface area contributed by atoms with Gasteiger partial charge < -0.3 is 0 Å². The molecule has 22 heavy (non-hydrogen) atoms. The van der Waals surface area contributed by atoms with Crippen molar-refractivity contribution in [2.45, 2.75) is 20.0 Å². The van der Waals surface area contributed by atoms with Crippen LogP contribution < -0.4 is 0 Å². The molecule has 3 aromatic rings. The van der Waals surface area contributed by atoms with Gasteiger partial charge in [-0.15, -0.1) is 11.3 Å². The van der Waals surface area contributed by atoms with Crippen LogP contribution in [0.2, 0.25) is 5.28 Å². The Morgan fingerprint density at radius 2 is 1.73 bits per heavy atom. The number of aromatic nitrogens is 5. The third-order valence-corrected chi connectivity index (χ3v) is 4.11. The number of fused-ring (bicyclic) bond motifs is 1. The average Bonchev–Trinajstić information content (AvgIpc) is 2.89. The van der Waals surface area contributed by atoms with Gasteiger partial charge in [0.25, 0.3) is 0 Å². The fraction of sp³-hybridized carbons (Fsp3) is 0.250. The van der Waals surface area contributed by atoms with Gasteiger partial charge in [0.1, 0.15) is 11.2 Å². The molecule has 114 valence electrons. The van der Waals surface area contributed by atoms with E-state index in [1.165, 1.54) is 0 Å². The fourth-order valence-corrected chi connectivity index (χ4v) is 2.71. The van der Waals surface area contributed by atoms with E-state index in [0.717, 1.165) is 6.20 Å². The molecule has 3 aromatic heterocycles. The number of thiazole rings is 1. The quantitative estimate of drug-likeness (QED) is 0.627. The van der Waals surface area contributed by atoms with Crippen molar-refractivity contribution < 1.29 is 13.2 Å². The largest absolute Gasteiger partial charge is 0.443 e. The Kier molecular flexibility index (Phi) is 3.48. The van der Waals surface area contributed by atoms with Gasteiger partial charge in [-0.05, 0) is 25.4 Å². The monoisotopic (exact) mass is 345 g/mol. The van der Waals surface area contributed by atoms with E-state index in [-0.39, 0.29) is 21.5 Å². The topological polar surface area (TPSA) is 64.5 Å². The van der Waals surface area contributed by atoms with Gasteiger partial charge in [-0.3, -0.25) is 0 Å². The van der Waals surface area contributed by atoms with E-state index in [1.54, 1.807) is 13.8 Å². The highest BCUT2D eigenvalue weighted by atomic mass is 35.5. The van der Waals surface area contributed by atoms with Gasteiger partial charge >= 0.3 is 6.18 Å². The molecule has 3 heterocycles. The van der Waals surface area contributed by atoms with Crippen LogP contribution in [-0.4, -0.2) is 24.9 Å². The van der Waals surface area contributed by atoms with Crippen molar-refractivity contribution in [3.8, 4) is 10.6 Å². The zero-order valence-corrected chi connectivity index (χ0v) is 12.8. The molecule has 0 aromatic carbocycles. The maximum atomic E-state index is 12.7. The number of aryl methyl sites for hydroxylation is 2. The van der Waals surface area contributed by atoms with Crippen LogP contribution in [-0.2, 0) is 6.18 Å². The van der Waals surface area contributed by atoms with Gasteiger partial charge in [0.2, 0.25) is 5.28 Å². The summed E-state index contributed by atoms with van der Waals surface area (Å²) < 4.78 is 38.1. The lowest BCUT2D eigenvalue weighted by molar-refractivity contribution is -0.137. The number of alkyl halides is 3. The Morgan fingerprint density at radius 1 is 1.05 bits per heavy atom. The third kappa shape index (κ3) is 2.61. The van der Waals surface area contributed by atoms with Crippen molar-refractivity contribution in [3.63, 3.8) is 0 Å². The highest BCUT2D eigenvalue weighted by Gasteiger charge is 2.35. The lowest BCUT2D eigenvalue weighted by Gasteiger charge is -2.05. The number of nitrogens with zero attached hydrogens (tertiary/aromatic N) is 5. The van der Waals surface area contributed by atoms with Crippen molar-refractivity contribution in [2.24, 2.45) is 0 Å². The molecular weight excluding hydrogens is 339 g/mol. The van der Waals surface area contributed by atoms with Gasteiger partial charge in [-0.1, -0.05) is 0 Å². The third-order valence-electron chi connectivity index (χ3n) is 2.90. The molecule has 0 amide bonds. The molecule has 0 radical (unpaired) electrons. The molecule has 0 fully saturated rings. The summed E-state index contributed by atoms with van der Waals surface area (Å²) >= 11 is 6.31. The van der Waals surface area contributed by atoms with Crippen LogP contribution >= 0.6 is 22.9 Å². The normalized spacial score (nSPS) is 12.1. The highest BCUT2D eigenvalue weighted by molar-refractivity contribution is 7.15. The van der Waals surface area contributed by atoms with Crippen LogP contribution in [0, 0.1) is 13.8 Å². The minimum atomic E-state index is -4.51. The number of halogens is 4. The standard InChI is InChI=1S/C12H7ClF3N5S/c1-4-5(2)19-9-8(18-4)7(20-11(13)21-9)6-3-17-10(22-6)12(14,15)16/h3H,1-2H3. The van der Waals surface area contributed by atoms with Crippen LogP contribution in [0.25, 0.3) is 21.7 Å². The van der Waals surface area contributed by atoms with Gasteiger partial charge in [0.05, 0.1) is 16.3 Å². The molecule has 3 rings (SSSR count). The number of hydrogen-bond donors (Lipinski definition) is 0. The maximum absolute atomic E-state index is 12.7. The van der Waals surface area contributed by atoms with Gasteiger partial charge in [0.15, 0.2) is 10.7 Å². The second-order valence-electron chi connectivity index (χ2n) is 4.44. The SMILES string of the molecule is Cc1nc2nc(Cl)nc(-c3cnc(C(F)(F)F)s3)c2nc1C. The van der Waals surface area contributed by atoms with Crippen LogP contribution in [0.15, 0.2) is 6.20 Å². The Balaban J connectivity index is 2.26. The van der Waals surface area contributed by atoms with Crippen molar-refractivity contribution in [2.75, 3.05) is 0 Å². The van der Waals surface area contributed by atoms with E-state index in [1.807, 2.05) is 0 Å². The molecule has 0 spiro atoms. The van der Waals surface area contributed by atoms with Crippen LogP contribution in [0.1, 0.15) is 16.4 Å². The summed E-state index contributed by atoms with van der Waals surface area (Å²) in [7, 11) is 0. The first-order valence-corrected chi connectivity index (χ1v) is 7.17. The van der Waals surface area contributed by atoms with Crippen LogP contribution in [0.5, 0.6) is 0 Å². The second-order valence-corrected chi connectivity index (χ2v) is 5.80. The first-order chi connectivity index (χ1) is 10.3. The van der Waals surface area contributed by atoms with E-state index in [4.69, 9.17) is 11.6 Å². The lowest BCUT2D eigenvalue weighted by Crippen LogP contribution is -2.02. The molecule has 0 atom stereocenters. The van der Waals surface area contributed by atoms with Crippen molar-refractivity contribution >= 4 is 34.1 Å². The summed E-state index contributed by atoms with van der Waals surface area (Å²) in [6.07, 6.45) is -3.41. The van der Waals surface area contributed by atoms with Crippen molar-refractivity contribution in [3.05, 3.63) is 27.9 Å². The zero-order valence-electron chi connectivity index (χ0n) is 11.2. The highest BCUT2D eigenvalue weighted by Crippen LogP contribution is 2.37. The zero-order chi connectivity index (χ0) is 16.1. The maximum Gasteiger partial charge on any atom is 0.443 e. The Hall–Kier alpha value is -1.87. The minimum absolute atomic E-state index is 0.109. The van der Waals surface area contributed by atoms with E-state index in [0.29, 0.717) is 28.2 Å². The number of rotatable bonds is 1. The molecule has 0 saturated carbocycles. The average molecular weight is 346 g/mol. The predicted molar refractivity (Wildman–Crippen MR) is 75.7 cm³/mol. The van der Waals surface area contributed by atoms with Crippen LogP contribution in [0.4, 0.5) is 13.2 Å². The molecule has 0 saturated heterocycles.